The van der Waals surface area contributed by atoms with Crippen molar-refractivity contribution in [3.63, 3.8) is 0 Å². The van der Waals surface area contributed by atoms with E-state index in [4.69, 9.17) is 4.74 Å². The number of hydrogen-bond donors (Lipinski definition) is 1. The molecule has 124 valence electrons. The summed E-state index contributed by atoms with van der Waals surface area (Å²) in [5.41, 5.74) is -1.36. The highest BCUT2D eigenvalue weighted by Gasteiger charge is 2.61. The van der Waals surface area contributed by atoms with Gasteiger partial charge in [0.15, 0.2) is 6.61 Å². The van der Waals surface area contributed by atoms with Crippen molar-refractivity contribution in [2.75, 3.05) is 6.61 Å². The van der Waals surface area contributed by atoms with Gasteiger partial charge in [0.2, 0.25) is 0 Å². The van der Waals surface area contributed by atoms with Gasteiger partial charge in [-0.05, 0) is 44.9 Å². The number of alkyl halides is 2. The van der Waals surface area contributed by atoms with Gasteiger partial charge < -0.3 is 14.6 Å². The summed E-state index contributed by atoms with van der Waals surface area (Å²) < 4.78 is 33.8. The first kappa shape index (κ1) is 15.6. The third-order valence-electron chi connectivity index (χ3n) is 5.62. The van der Waals surface area contributed by atoms with Gasteiger partial charge in [-0.25, -0.2) is 9.59 Å². The summed E-state index contributed by atoms with van der Waals surface area (Å²) >= 11 is 0. The Balaban J connectivity index is 1.62. The van der Waals surface area contributed by atoms with Crippen molar-refractivity contribution in [1.82, 2.24) is 0 Å². The first-order valence-electron chi connectivity index (χ1n) is 7.61. The van der Waals surface area contributed by atoms with Crippen LogP contribution in [-0.2, 0) is 19.1 Å². The van der Waals surface area contributed by atoms with Crippen molar-refractivity contribution < 1.29 is 33.0 Å². The maximum Gasteiger partial charge on any atom is 0.374 e. The lowest BCUT2D eigenvalue weighted by molar-refractivity contribution is -0.237. The lowest BCUT2D eigenvalue weighted by atomic mass is 9.48. The molecule has 0 aromatic rings. The second kappa shape index (κ2) is 5.15. The Bertz CT molecular complexity index is 476. The maximum atomic E-state index is 12.0. The van der Waals surface area contributed by atoms with Crippen LogP contribution in [0.2, 0.25) is 0 Å². The Labute approximate surface area is 127 Å². The Hall–Kier alpha value is -1.24. The van der Waals surface area contributed by atoms with Gasteiger partial charge in [0.05, 0.1) is 5.60 Å². The number of carbonyl (C=O) groups is 2. The largest absolute Gasteiger partial charge is 0.456 e. The van der Waals surface area contributed by atoms with Gasteiger partial charge in [-0.3, -0.25) is 0 Å². The standard InChI is InChI=1S/C15H20F2O5/c1-14(22-11(18)7-21-13(19)12(16)17)9-2-8-3-10(14)6-15(20,4-8)5-9/h8-10,12,20H,2-7H2,1H3. The molecule has 0 saturated heterocycles. The van der Waals surface area contributed by atoms with Crippen molar-refractivity contribution in [3.05, 3.63) is 0 Å². The monoisotopic (exact) mass is 318 g/mol. The Morgan fingerprint density at radius 3 is 2.32 bits per heavy atom. The van der Waals surface area contributed by atoms with E-state index in [0.29, 0.717) is 18.8 Å². The van der Waals surface area contributed by atoms with E-state index in [1.807, 2.05) is 6.92 Å². The Morgan fingerprint density at radius 1 is 1.23 bits per heavy atom. The fourth-order valence-electron chi connectivity index (χ4n) is 4.78. The number of halogens is 2. The SMILES string of the molecule is CC1(OC(=O)COC(=O)C(F)F)C2CC3CC1CC(O)(C3)C2. The molecule has 4 bridgehead atoms. The van der Waals surface area contributed by atoms with Crippen LogP contribution >= 0.6 is 0 Å². The lowest BCUT2D eigenvalue weighted by Crippen LogP contribution is -2.63. The molecule has 5 nitrogen and oxygen atoms in total. The molecule has 0 heterocycles. The van der Waals surface area contributed by atoms with Crippen LogP contribution in [-0.4, -0.2) is 41.3 Å². The Morgan fingerprint density at radius 2 is 1.82 bits per heavy atom. The van der Waals surface area contributed by atoms with E-state index < -0.39 is 36.2 Å². The van der Waals surface area contributed by atoms with Crippen LogP contribution in [0.1, 0.15) is 39.0 Å². The minimum Gasteiger partial charge on any atom is -0.456 e. The summed E-state index contributed by atoms with van der Waals surface area (Å²) in [5, 5.41) is 10.5. The molecule has 4 fully saturated rings. The van der Waals surface area contributed by atoms with Crippen LogP contribution in [0.3, 0.4) is 0 Å². The molecule has 4 saturated carbocycles. The zero-order chi connectivity index (χ0) is 16.1. The number of hydrogen-bond acceptors (Lipinski definition) is 5. The highest BCUT2D eigenvalue weighted by Crippen LogP contribution is 2.60. The van der Waals surface area contributed by atoms with Crippen LogP contribution in [0, 0.1) is 17.8 Å². The third kappa shape index (κ3) is 2.59. The highest BCUT2D eigenvalue weighted by molar-refractivity contribution is 5.78. The molecule has 4 rings (SSSR count). The summed E-state index contributed by atoms with van der Waals surface area (Å²) in [7, 11) is 0. The molecular formula is C15H20F2O5. The van der Waals surface area contributed by atoms with Crippen molar-refractivity contribution in [1.29, 1.82) is 0 Å². The number of carbonyl (C=O) groups excluding carboxylic acids is 2. The second-order valence-electron chi connectivity index (χ2n) is 7.13. The third-order valence-corrected chi connectivity index (χ3v) is 5.62. The smallest absolute Gasteiger partial charge is 0.374 e. The van der Waals surface area contributed by atoms with Crippen LogP contribution in [0.15, 0.2) is 0 Å². The number of esters is 2. The predicted octanol–water partition coefficient (Wildman–Crippen LogP) is 1.67. The van der Waals surface area contributed by atoms with Gasteiger partial charge in [-0.2, -0.15) is 8.78 Å². The predicted molar refractivity (Wildman–Crippen MR) is 70.0 cm³/mol. The normalized spacial score (nSPS) is 42.5. The van der Waals surface area contributed by atoms with Crippen LogP contribution in [0.25, 0.3) is 0 Å². The molecule has 0 aliphatic heterocycles. The van der Waals surface area contributed by atoms with E-state index in [-0.39, 0.29) is 11.8 Å². The minimum atomic E-state index is -3.25. The average molecular weight is 318 g/mol. The van der Waals surface area contributed by atoms with Crippen molar-refractivity contribution in [2.24, 2.45) is 17.8 Å². The lowest BCUT2D eigenvalue weighted by Gasteiger charge is -2.61. The summed E-state index contributed by atoms with van der Waals surface area (Å²) in [6.45, 7) is 1.04. The first-order chi connectivity index (χ1) is 10.2. The zero-order valence-electron chi connectivity index (χ0n) is 12.4. The second-order valence-corrected chi connectivity index (χ2v) is 7.13. The highest BCUT2D eigenvalue weighted by atomic mass is 19.3. The van der Waals surface area contributed by atoms with Crippen LogP contribution < -0.4 is 0 Å². The first-order valence-corrected chi connectivity index (χ1v) is 7.61. The summed E-state index contributed by atoms with van der Waals surface area (Å²) in [6.07, 6.45) is 0.564. The van der Waals surface area contributed by atoms with Crippen molar-refractivity contribution >= 4 is 11.9 Å². The summed E-state index contributed by atoms with van der Waals surface area (Å²) in [4.78, 5) is 22.5. The number of ether oxygens (including phenoxy) is 2. The quantitative estimate of drug-likeness (QED) is 0.798. The molecule has 7 heteroatoms. The maximum absolute atomic E-state index is 12.0. The van der Waals surface area contributed by atoms with Gasteiger partial charge in [0.25, 0.3) is 0 Å². The van der Waals surface area contributed by atoms with E-state index in [0.717, 1.165) is 19.3 Å². The number of aliphatic hydroxyl groups is 1. The van der Waals surface area contributed by atoms with Gasteiger partial charge in [0.1, 0.15) is 5.60 Å². The fraction of sp³-hybridized carbons (Fsp3) is 0.867. The minimum absolute atomic E-state index is 0.0681. The zero-order valence-corrected chi connectivity index (χ0v) is 12.4. The van der Waals surface area contributed by atoms with E-state index in [2.05, 4.69) is 4.74 Å². The molecule has 22 heavy (non-hydrogen) atoms. The van der Waals surface area contributed by atoms with Crippen molar-refractivity contribution in [3.8, 4) is 0 Å². The molecule has 0 amide bonds. The molecule has 4 aliphatic rings. The fourth-order valence-corrected chi connectivity index (χ4v) is 4.78. The molecule has 0 radical (unpaired) electrons. The summed E-state index contributed by atoms with van der Waals surface area (Å²) in [6, 6.07) is 0. The molecular weight excluding hydrogens is 298 g/mol. The average Bonchev–Trinajstić information content (AvgIpc) is 2.40. The molecule has 0 spiro atoms. The molecule has 2 unspecified atom stereocenters. The molecule has 0 aromatic heterocycles. The van der Waals surface area contributed by atoms with Gasteiger partial charge in [0, 0.05) is 11.8 Å². The van der Waals surface area contributed by atoms with Gasteiger partial charge in [-0.15, -0.1) is 0 Å². The van der Waals surface area contributed by atoms with Crippen molar-refractivity contribution in [2.45, 2.75) is 56.7 Å². The number of rotatable bonds is 4. The molecule has 1 N–H and O–H groups in total. The molecule has 0 aromatic carbocycles. The van der Waals surface area contributed by atoms with E-state index >= 15 is 0 Å². The van der Waals surface area contributed by atoms with Gasteiger partial charge in [-0.1, -0.05) is 0 Å². The van der Waals surface area contributed by atoms with Crippen LogP contribution in [0.5, 0.6) is 0 Å². The molecule has 4 aliphatic carbocycles. The molecule has 2 atom stereocenters. The van der Waals surface area contributed by atoms with E-state index in [1.165, 1.54) is 0 Å². The summed E-state index contributed by atoms with van der Waals surface area (Å²) in [5.74, 6) is -1.93. The Kier molecular flexibility index (Phi) is 3.66. The topological polar surface area (TPSA) is 72.8 Å². The van der Waals surface area contributed by atoms with E-state index in [9.17, 15) is 23.5 Å². The van der Waals surface area contributed by atoms with Gasteiger partial charge >= 0.3 is 18.4 Å². The van der Waals surface area contributed by atoms with Crippen LogP contribution in [0.4, 0.5) is 8.78 Å². The van der Waals surface area contributed by atoms with E-state index in [1.54, 1.807) is 0 Å².